The van der Waals surface area contributed by atoms with Crippen LogP contribution in [0.2, 0.25) is 0 Å². The largest absolute Gasteiger partial charge is 0.317 e. The van der Waals surface area contributed by atoms with Crippen LogP contribution in [-0.4, -0.2) is 0 Å². The van der Waals surface area contributed by atoms with E-state index in [9.17, 15) is 0 Å². The van der Waals surface area contributed by atoms with Crippen molar-refractivity contribution in [2.24, 2.45) is 0 Å². The highest BCUT2D eigenvalue weighted by Crippen LogP contribution is 2.39. The van der Waals surface area contributed by atoms with Crippen molar-refractivity contribution in [3.63, 3.8) is 0 Å². The first-order valence-electron chi connectivity index (χ1n) is 15.7. The molecule has 0 amide bonds. The van der Waals surface area contributed by atoms with Gasteiger partial charge >= 0.3 is 0 Å². The van der Waals surface area contributed by atoms with E-state index in [1.165, 1.54) is 50.1 Å². The highest BCUT2D eigenvalue weighted by atomic mass is 15.1. The van der Waals surface area contributed by atoms with E-state index in [4.69, 9.17) is 0 Å². The summed E-state index contributed by atoms with van der Waals surface area (Å²) in [5.41, 5.74) is 16.4. The Morgan fingerprint density at radius 2 is 1.28 bits per heavy atom. The van der Waals surface area contributed by atoms with Gasteiger partial charge in [-0.3, -0.25) is 0 Å². The molecule has 5 aromatic rings. The molecule has 5 aromatic carbocycles. The SMILES string of the molecule is C=C/C=C\C=C(/C)c1cc(-c2ccc3c(c2)C(=C)/C=C(C)\C=C/N3c2ccc(-c3cccc(-c4ccccc4)c3)cc2)ccc1C. The van der Waals surface area contributed by atoms with Crippen LogP contribution < -0.4 is 4.90 Å². The first-order chi connectivity index (χ1) is 22.4. The van der Waals surface area contributed by atoms with Gasteiger partial charge in [0.05, 0.1) is 5.69 Å². The van der Waals surface area contributed by atoms with E-state index in [0.29, 0.717) is 0 Å². The number of hydrogen-bond acceptors (Lipinski definition) is 1. The molecule has 1 aliphatic heterocycles. The molecular weight excluding hydrogens is 555 g/mol. The second-order valence-corrected chi connectivity index (χ2v) is 11.8. The van der Waals surface area contributed by atoms with Crippen LogP contribution in [0, 0.1) is 6.92 Å². The Labute approximate surface area is 274 Å². The Balaban J connectivity index is 1.36. The summed E-state index contributed by atoms with van der Waals surface area (Å²) in [6, 6.07) is 41.6. The summed E-state index contributed by atoms with van der Waals surface area (Å²) in [5, 5.41) is 0. The predicted molar refractivity (Wildman–Crippen MR) is 201 cm³/mol. The van der Waals surface area contributed by atoms with E-state index >= 15 is 0 Å². The fourth-order valence-corrected chi connectivity index (χ4v) is 6.00. The van der Waals surface area contributed by atoms with E-state index in [1.807, 2.05) is 12.2 Å². The molecule has 0 saturated carbocycles. The minimum atomic E-state index is 0.996. The number of fused-ring (bicyclic) bond motifs is 1. The molecule has 1 heteroatoms. The molecule has 0 bridgehead atoms. The Morgan fingerprint density at radius 3 is 2.02 bits per heavy atom. The van der Waals surface area contributed by atoms with Crippen molar-refractivity contribution in [1.82, 2.24) is 0 Å². The van der Waals surface area contributed by atoms with Crippen LogP contribution in [0.1, 0.15) is 30.5 Å². The van der Waals surface area contributed by atoms with Gasteiger partial charge < -0.3 is 4.90 Å². The fraction of sp³-hybridized carbons (Fsp3) is 0.0667. The van der Waals surface area contributed by atoms with Crippen LogP contribution in [0.15, 0.2) is 177 Å². The van der Waals surface area contributed by atoms with Crippen molar-refractivity contribution < 1.29 is 0 Å². The lowest BCUT2D eigenvalue weighted by molar-refractivity contribution is 1.26. The second-order valence-electron chi connectivity index (χ2n) is 11.8. The average molecular weight is 594 g/mol. The third-order valence-electron chi connectivity index (χ3n) is 8.53. The maximum absolute atomic E-state index is 4.50. The average Bonchev–Trinajstić information content (AvgIpc) is 3.09. The topological polar surface area (TPSA) is 3.24 Å². The summed E-state index contributed by atoms with van der Waals surface area (Å²) in [6.07, 6.45) is 14.4. The van der Waals surface area contributed by atoms with Gasteiger partial charge in [-0.2, -0.15) is 0 Å². The van der Waals surface area contributed by atoms with E-state index in [2.05, 4.69) is 179 Å². The lowest BCUT2D eigenvalue weighted by Gasteiger charge is -2.26. The number of anilines is 2. The lowest BCUT2D eigenvalue weighted by atomic mass is 9.92. The maximum Gasteiger partial charge on any atom is 0.0534 e. The molecule has 0 radical (unpaired) electrons. The Morgan fingerprint density at radius 1 is 0.652 bits per heavy atom. The second kappa shape index (κ2) is 13.5. The zero-order valence-corrected chi connectivity index (χ0v) is 26.9. The summed E-state index contributed by atoms with van der Waals surface area (Å²) >= 11 is 0. The van der Waals surface area contributed by atoms with Crippen LogP contribution >= 0.6 is 0 Å². The van der Waals surface area contributed by atoms with Crippen LogP contribution in [0.25, 0.3) is 44.5 Å². The number of rotatable bonds is 7. The van der Waals surface area contributed by atoms with Gasteiger partial charge in [-0.25, -0.2) is 0 Å². The molecule has 1 nitrogen and oxygen atoms in total. The van der Waals surface area contributed by atoms with Crippen LogP contribution in [0.4, 0.5) is 11.4 Å². The van der Waals surface area contributed by atoms with Gasteiger partial charge in [0.1, 0.15) is 0 Å². The fourth-order valence-electron chi connectivity index (χ4n) is 6.00. The van der Waals surface area contributed by atoms with Crippen LogP contribution in [0.5, 0.6) is 0 Å². The van der Waals surface area contributed by atoms with Gasteiger partial charge in [0, 0.05) is 17.5 Å². The molecule has 0 unspecified atom stereocenters. The van der Waals surface area contributed by atoms with Crippen molar-refractivity contribution >= 4 is 22.5 Å². The van der Waals surface area contributed by atoms with Crippen molar-refractivity contribution in [1.29, 1.82) is 0 Å². The molecule has 1 aliphatic rings. The molecule has 0 atom stereocenters. The Hall–Kier alpha value is -5.66. The molecule has 0 N–H and O–H groups in total. The molecule has 0 aliphatic carbocycles. The van der Waals surface area contributed by atoms with Gasteiger partial charge in [-0.15, -0.1) is 0 Å². The smallest absolute Gasteiger partial charge is 0.0534 e. The molecule has 1 heterocycles. The third kappa shape index (κ3) is 6.55. The van der Waals surface area contributed by atoms with Gasteiger partial charge in [-0.05, 0) is 124 Å². The quantitative estimate of drug-likeness (QED) is 0.170. The van der Waals surface area contributed by atoms with Crippen molar-refractivity contribution in [2.75, 3.05) is 4.90 Å². The summed E-state index contributed by atoms with van der Waals surface area (Å²) < 4.78 is 0. The van der Waals surface area contributed by atoms with E-state index < -0.39 is 0 Å². The highest BCUT2D eigenvalue weighted by Gasteiger charge is 2.17. The Kier molecular flexibility index (Phi) is 8.94. The molecule has 6 rings (SSSR count). The van der Waals surface area contributed by atoms with Crippen molar-refractivity contribution in [2.45, 2.75) is 20.8 Å². The monoisotopic (exact) mass is 593 g/mol. The minimum Gasteiger partial charge on any atom is -0.317 e. The first kappa shape index (κ1) is 30.4. The number of benzene rings is 5. The zero-order valence-electron chi connectivity index (χ0n) is 26.9. The molecule has 0 aromatic heterocycles. The van der Waals surface area contributed by atoms with Gasteiger partial charge in [0.25, 0.3) is 0 Å². The molecule has 224 valence electrons. The molecule has 0 fully saturated rings. The predicted octanol–water partition coefficient (Wildman–Crippen LogP) is 12.8. The van der Waals surface area contributed by atoms with Gasteiger partial charge in [0.15, 0.2) is 0 Å². The molecule has 0 spiro atoms. The summed E-state index contributed by atoms with van der Waals surface area (Å²) in [7, 11) is 0. The van der Waals surface area contributed by atoms with Crippen LogP contribution in [0.3, 0.4) is 0 Å². The molecular formula is C45H39N. The van der Waals surface area contributed by atoms with Crippen molar-refractivity contribution in [3.8, 4) is 33.4 Å². The lowest BCUT2D eigenvalue weighted by Crippen LogP contribution is -2.12. The first-order valence-corrected chi connectivity index (χ1v) is 15.7. The zero-order chi connectivity index (χ0) is 32.0. The standard InChI is InChI=1S/C45H39N/c1-6-7-9-13-33(3)43-30-40(19-18-34(43)4)41-22-25-45-44(31-41)35(5)28-32(2)26-27-46(45)42-23-20-37(21-24-42)39-17-12-16-38(29-39)36-14-10-8-11-15-36/h6-31H,1,5H2,2-4H3/b9-7-,27-26-,32-28-,33-13+. The Bertz CT molecular complexity index is 2030. The summed E-state index contributed by atoms with van der Waals surface area (Å²) in [5.74, 6) is 0. The normalized spacial score (nSPS) is 15.1. The summed E-state index contributed by atoms with van der Waals surface area (Å²) in [4.78, 5) is 2.27. The van der Waals surface area contributed by atoms with E-state index in [0.717, 1.165) is 28.1 Å². The van der Waals surface area contributed by atoms with Gasteiger partial charge in [0.2, 0.25) is 0 Å². The van der Waals surface area contributed by atoms with Crippen molar-refractivity contribution in [3.05, 3.63) is 193 Å². The maximum atomic E-state index is 4.50. The number of hydrogen-bond donors (Lipinski definition) is 0. The van der Waals surface area contributed by atoms with E-state index in [-0.39, 0.29) is 0 Å². The summed E-state index contributed by atoms with van der Waals surface area (Å²) in [6.45, 7) is 14.7. The highest BCUT2D eigenvalue weighted by molar-refractivity contribution is 5.89. The van der Waals surface area contributed by atoms with Crippen LogP contribution in [-0.2, 0) is 0 Å². The number of allylic oxidation sites excluding steroid dienone is 9. The number of aryl methyl sites for hydroxylation is 1. The minimum absolute atomic E-state index is 0.996. The number of nitrogens with zero attached hydrogens (tertiary/aromatic N) is 1. The van der Waals surface area contributed by atoms with E-state index in [1.54, 1.807) is 6.08 Å². The molecule has 46 heavy (non-hydrogen) atoms. The third-order valence-corrected chi connectivity index (χ3v) is 8.53. The molecule has 0 saturated heterocycles. The van der Waals surface area contributed by atoms with Gasteiger partial charge in [-0.1, -0.05) is 122 Å².